The lowest BCUT2D eigenvalue weighted by Gasteiger charge is -2.60. The normalized spacial score (nSPS) is 34.7. The zero-order valence-electron chi connectivity index (χ0n) is 18.6. The van der Waals surface area contributed by atoms with E-state index in [9.17, 15) is 14.4 Å². The molecule has 2 spiro atoms. The number of hydrogen-bond acceptors (Lipinski definition) is 7. The Kier molecular flexibility index (Phi) is 4.64. The van der Waals surface area contributed by atoms with Gasteiger partial charge in [0.15, 0.2) is 0 Å². The number of ether oxygens (including phenoxy) is 3. The highest BCUT2D eigenvalue weighted by Crippen LogP contribution is 2.65. The van der Waals surface area contributed by atoms with Gasteiger partial charge in [-0.1, -0.05) is 30.4 Å². The van der Waals surface area contributed by atoms with Crippen LogP contribution in [-0.2, 0) is 29.2 Å². The van der Waals surface area contributed by atoms with Gasteiger partial charge in [-0.15, -0.1) is 0 Å². The van der Waals surface area contributed by atoms with Crippen molar-refractivity contribution in [1.82, 2.24) is 4.90 Å². The van der Waals surface area contributed by atoms with Crippen LogP contribution in [0, 0.1) is 5.92 Å². The minimum atomic E-state index is -1.22. The molecule has 1 saturated carbocycles. The molecule has 1 amide bonds. The third-order valence-corrected chi connectivity index (χ3v) is 8.33. The molecule has 0 unspecified atom stereocenters. The molecule has 2 saturated heterocycles. The molecular weight excluding hydrogens is 412 g/mol. The van der Waals surface area contributed by atoms with E-state index < -0.39 is 34.9 Å². The van der Waals surface area contributed by atoms with Crippen LogP contribution in [0.25, 0.3) is 0 Å². The highest BCUT2D eigenvalue weighted by Gasteiger charge is 2.75. The zero-order valence-corrected chi connectivity index (χ0v) is 18.6. The molecule has 0 N–H and O–H groups in total. The van der Waals surface area contributed by atoms with Crippen molar-refractivity contribution in [3.63, 3.8) is 0 Å². The monoisotopic (exact) mass is 440 g/mol. The number of nitrogens with zero attached hydrogens (tertiary/aromatic N) is 2. The molecule has 170 valence electrons. The first-order valence-electron chi connectivity index (χ1n) is 11.0. The summed E-state index contributed by atoms with van der Waals surface area (Å²) in [7, 11) is 4.04. The predicted molar refractivity (Wildman–Crippen MR) is 115 cm³/mol. The van der Waals surface area contributed by atoms with E-state index in [4.69, 9.17) is 14.2 Å². The molecule has 0 radical (unpaired) electrons. The Labute approximate surface area is 187 Å². The number of fused-ring (bicyclic) bond motifs is 4. The first kappa shape index (κ1) is 21.0. The number of hydrogen-bond donors (Lipinski definition) is 0. The number of carbonyl (C=O) groups is 3. The summed E-state index contributed by atoms with van der Waals surface area (Å²) in [6.07, 6.45) is 5.74. The number of benzene rings is 1. The number of amides is 1. The summed E-state index contributed by atoms with van der Waals surface area (Å²) in [4.78, 5) is 44.4. The Balaban J connectivity index is 1.86. The fourth-order valence-corrected chi connectivity index (χ4v) is 7.08. The van der Waals surface area contributed by atoms with Gasteiger partial charge in [-0.25, -0.2) is 4.79 Å². The lowest BCUT2D eigenvalue weighted by atomic mass is 9.51. The molecule has 8 nitrogen and oxygen atoms in total. The second kappa shape index (κ2) is 7.07. The van der Waals surface area contributed by atoms with E-state index in [1.165, 1.54) is 21.3 Å². The minimum Gasteiger partial charge on any atom is -0.469 e. The summed E-state index contributed by atoms with van der Waals surface area (Å²) in [5.74, 6) is -1.61. The van der Waals surface area contributed by atoms with Gasteiger partial charge in [0.1, 0.15) is 5.41 Å². The van der Waals surface area contributed by atoms with Crippen LogP contribution < -0.4 is 4.90 Å². The van der Waals surface area contributed by atoms with E-state index in [0.717, 1.165) is 6.54 Å². The molecule has 4 atom stereocenters. The van der Waals surface area contributed by atoms with Crippen molar-refractivity contribution in [2.75, 3.05) is 39.3 Å². The Morgan fingerprint density at radius 3 is 2.50 bits per heavy atom. The van der Waals surface area contributed by atoms with Crippen molar-refractivity contribution in [3.05, 3.63) is 42.0 Å². The van der Waals surface area contributed by atoms with E-state index in [-0.39, 0.29) is 5.54 Å². The summed E-state index contributed by atoms with van der Waals surface area (Å²) >= 11 is 0. The van der Waals surface area contributed by atoms with E-state index in [1.54, 1.807) is 4.90 Å². The smallest absolute Gasteiger partial charge is 0.414 e. The first-order valence-corrected chi connectivity index (χ1v) is 11.0. The largest absolute Gasteiger partial charge is 0.469 e. The summed E-state index contributed by atoms with van der Waals surface area (Å²) in [6, 6.07) is 7.37. The van der Waals surface area contributed by atoms with Gasteiger partial charge in [-0.2, -0.15) is 0 Å². The van der Waals surface area contributed by atoms with Crippen molar-refractivity contribution in [1.29, 1.82) is 0 Å². The topological polar surface area (TPSA) is 85.4 Å². The minimum absolute atomic E-state index is 0.289. The third-order valence-electron chi connectivity index (χ3n) is 8.33. The number of para-hydroxylation sites is 1. The fourth-order valence-electron chi connectivity index (χ4n) is 7.08. The lowest BCUT2D eigenvalue weighted by Crippen LogP contribution is -2.74. The van der Waals surface area contributed by atoms with Gasteiger partial charge in [0, 0.05) is 18.6 Å². The van der Waals surface area contributed by atoms with Gasteiger partial charge < -0.3 is 14.2 Å². The molecule has 6 rings (SSSR count). The Morgan fingerprint density at radius 2 is 1.78 bits per heavy atom. The quantitative estimate of drug-likeness (QED) is 0.397. The zero-order chi connectivity index (χ0) is 22.7. The average Bonchev–Trinajstić information content (AvgIpc) is 3.30. The molecule has 3 fully saturated rings. The maximum absolute atomic E-state index is 13.8. The van der Waals surface area contributed by atoms with E-state index >= 15 is 0 Å². The van der Waals surface area contributed by atoms with Gasteiger partial charge in [0.05, 0.1) is 38.5 Å². The lowest BCUT2D eigenvalue weighted by molar-refractivity contribution is -0.164. The van der Waals surface area contributed by atoms with Crippen LogP contribution in [0.3, 0.4) is 0 Å². The van der Waals surface area contributed by atoms with Gasteiger partial charge >= 0.3 is 18.0 Å². The van der Waals surface area contributed by atoms with Crippen molar-refractivity contribution >= 4 is 23.7 Å². The van der Waals surface area contributed by atoms with Crippen molar-refractivity contribution in [2.24, 2.45) is 5.92 Å². The average molecular weight is 440 g/mol. The van der Waals surface area contributed by atoms with Crippen LogP contribution in [0.5, 0.6) is 0 Å². The number of rotatable bonds is 2. The molecule has 1 aromatic rings. The number of methoxy groups -OCH3 is 3. The summed E-state index contributed by atoms with van der Waals surface area (Å²) in [6.45, 7) is 1.40. The van der Waals surface area contributed by atoms with Crippen molar-refractivity contribution in [2.45, 2.75) is 42.2 Å². The van der Waals surface area contributed by atoms with Crippen LogP contribution in [0.4, 0.5) is 10.5 Å². The van der Waals surface area contributed by atoms with Gasteiger partial charge in [0.25, 0.3) is 0 Å². The SMILES string of the molecule is COC(=O)[C@H]1C[C@]23C=CCN2CC[C@]2(C(=O)OC)c4ccccc4N(C(=O)OC)[C@]12CC3. The number of anilines is 1. The van der Waals surface area contributed by atoms with Crippen molar-refractivity contribution in [3.8, 4) is 0 Å². The highest BCUT2D eigenvalue weighted by molar-refractivity contribution is 6.03. The van der Waals surface area contributed by atoms with E-state index in [0.29, 0.717) is 43.5 Å². The second-order valence-electron chi connectivity index (χ2n) is 9.13. The molecule has 5 aliphatic rings. The van der Waals surface area contributed by atoms with Gasteiger partial charge in [-0.3, -0.25) is 19.4 Å². The van der Waals surface area contributed by atoms with Crippen LogP contribution >= 0.6 is 0 Å². The molecule has 1 aliphatic carbocycles. The molecule has 32 heavy (non-hydrogen) atoms. The Hall–Kier alpha value is -2.87. The van der Waals surface area contributed by atoms with Crippen LogP contribution in [0.15, 0.2) is 36.4 Å². The third kappa shape index (κ3) is 2.28. The van der Waals surface area contributed by atoms with Gasteiger partial charge in [0.2, 0.25) is 0 Å². The van der Waals surface area contributed by atoms with E-state index in [1.807, 2.05) is 24.3 Å². The maximum Gasteiger partial charge on any atom is 0.414 e. The standard InChI is InChI=1S/C24H28N2O6/c1-30-19(27)17-15-22-9-6-13-25(22)14-12-23(20(28)31-2)16-7-4-5-8-18(16)26(21(29)32-3)24(17,23)11-10-22/h4-9,17H,10-15H2,1-3H3/t17-,22-,23-,24-/m1/s1. The molecule has 2 bridgehead atoms. The Morgan fingerprint density at radius 1 is 1.00 bits per heavy atom. The van der Waals surface area contributed by atoms with Crippen LogP contribution in [0.2, 0.25) is 0 Å². The number of esters is 2. The molecule has 4 heterocycles. The summed E-state index contributed by atoms with van der Waals surface area (Å²) < 4.78 is 15.9. The second-order valence-corrected chi connectivity index (χ2v) is 9.13. The summed E-state index contributed by atoms with van der Waals surface area (Å²) in [5.41, 5.74) is -1.40. The van der Waals surface area contributed by atoms with Crippen LogP contribution in [0.1, 0.15) is 31.2 Å². The van der Waals surface area contributed by atoms with Gasteiger partial charge in [-0.05, 0) is 37.3 Å². The van der Waals surface area contributed by atoms with Crippen LogP contribution in [-0.4, -0.2) is 68.4 Å². The fraction of sp³-hybridized carbons (Fsp3) is 0.542. The molecule has 4 aliphatic heterocycles. The Bertz CT molecular complexity index is 1020. The molecule has 0 aromatic heterocycles. The van der Waals surface area contributed by atoms with E-state index in [2.05, 4.69) is 17.1 Å². The highest BCUT2D eigenvalue weighted by atomic mass is 16.5. The molecule has 1 aromatic carbocycles. The maximum atomic E-state index is 13.8. The first-order chi connectivity index (χ1) is 15.4. The van der Waals surface area contributed by atoms with Crippen molar-refractivity contribution < 1.29 is 28.6 Å². The molecular formula is C24H28N2O6. The summed E-state index contributed by atoms with van der Waals surface area (Å²) in [5, 5.41) is 0. The number of carbonyl (C=O) groups excluding carboxylic acids is 3. The molecule has 8 heteroatoms. The predicted octanol–water partition coefficient (Wildman–Crippen LogP) is 2.41.